The molecule has 1 aromatic rings. The van der Waals surface area contributed by atoms with Crippen LogP contribution < -0.4 is 4.90 Å². The lowest BCUT2D eigenvalue weighted by Crippen LogP contribution is -2.31. The third kappa shape index (κ3) is 3.23. The number of hydrogen-bond donors (Lipinski definition) is 0. The van der Waals surface area contributed by atoms with Gasteiger partial charge in [0.15, 0.2) is 0 Å². The summed E-state index contributed by atoms with van der Waals surface area (Å²) in [7, 11) is 0. The smallest absolute Gasteiger partial charge is 0.261 e. The SMILES string of the molecule is CCCCC1=C(CCCC)C(=O)N(c2ccccc2)C1=O. The minimum absolute atomic E-state index is 0.120. The third-order valence-corrected chi connectivity index (χ3v) is 3.86. The van der Waals surface area contributed by atoms with Gasteiger partial charge in [-0.3, -0.25) is 9.59 Å². The first-order chi connectivity index (χ1) is 10.2. The van der Waals surface area contributed by atoms with Crippen molar-refractivity contribution in [3.8, 4) is 0 Å². The van der Waals surface area contributed by atoms with E-state index < -0.39 is 0 Å². The van der Waals surface area contributed by atoms with Gasteiger partial charge in [0.05, 0.1) is 5.69 Å². The first kappa shape index (κ1) is 15.5. The Kier molecular flexibility index (Phi) is 5.32. The second kappa shape index (κ2) is 7.21. The van der Waals surface area contributed by atoms with Crippen molar-refractivity contribution in [1.82, 2.24) is 0 Å². The summed E-state index contributed by atoms with van der Waals surface area (Å²) in [5.41, 5.74) is 2.14. The summed E-state index contributed by atoms with van der Waals surface area (Å²) in [5.74, 6) is -0.239. The Hall–Kier alpha value is -1.90. The fraction of sp³-hybridized carbons (Fsp3) is 0.444. The van der Waals surface area contributed by atoms with Gasteiger partial charge in [-0.1, -0.05) is 44.9 Å². The molecule has 0 atom stereocenters. The van der Waals surface area contributed by atoms with Gasteiger partial charge < -0.3 is 0 Å². The molecular formula is C18H23NO2. The number of carbonyl (C=O) groups excluding carboxylic acids is 2. The molecule has 1 aliphatic rings. The van der Waals surface area contributed by atoms with E-state index in [1.54, 1.807) is 0 Å². The Morgan fingerprint density at radius 2 is 1.29 bits per heavy atom. The summed E-state index contributed by atoms with van der Waals surface area (Å²) in [6.07, 6.45) is 5.38. The van der Waals surface area contributed by atoms with E-state index in [1.165, 1.54) is 4.90 Å². The van der Waals surface area contributed by atoms with E-state index in [2.05, 4.69) is 13.8 Å². The van der Waals surface area contributed by atoms with E-state index in [4.69, 9.17) is 0 Å². The van der Waals surface area contributed by atoms with E-state index in [9.17, 15) is 9.59 Å². The lowest BCUT2D eigenvalue weighted by Gasteiger charge is -2.15. The van der Waals surface area contributed by atoms with Gasteiger partial charge in [-0.2, -0.15) is 0 Å². The lowest BCUT2D eigenvalue weighted by atomic mass is 10.0. The molecule has 0 aliphatic carbocycles. The maximum absolute atomic E-state index is 12.6. The van der Waals surface area contributed by atoms with Crippen LogP contribution in [0.3, 0.4) is 0 Å². The van der Waals surface area contributed by atoms with E-state index in [0.717, 1.165) is 36.8 Å². The van der Waals surface area contributed by atoms with Crippen molar-refractivity contribution in [1.29, 1.82) is 0 Å². The first-order valence-electron chi connectivity index (χ1n) is 7.86. The Morgan fingerprint density at radius 3 is 1.71 bits per heavy atom. The summed E-state index contributed by atoms with van der Waals surface area (Å²) in [6, 6.07) is 9.22. The molecule has 3 nitrogen and oxygen atoms in total. The number of para-hydroxylation sites is 1. The van der Waals surface area contributed by atoms with Crippen molar-refractivity contribution in [2.24, 2.45) is 0 Å². The molecule has 0 fully saturated rings. The van der Waals surface area contributed by atoms with Crippen LogP contribution in [0.15, 0.2) is 41.5 Å². The number of unbranched alkanes of at least 4 members (excludes halogenated alkanes) is 2. The van der Waals surface area contributed by atoms with Crippen LogP contribution in [0.5, 0.6) is 0 Å². The molecule has 2 rings (SSSR count). The molecule has 1 heterocycles. The molecule has 0 N–H and O–H groups in total. The van der Waals surface area contributed by atoms with Crippen molar-refractivity contribution >= 4 is 17.5 Å². The molecule has 1 aliphatic heterocycles. The molecule has 1 aromatic carbocycles. The van der Waals surface area contributed by atoms with Gasteiger partial charge in [0.25, 0.3) is 11.8 Å². The molecule has 0 bridgehead atoms. The lowest BCUT2D eigenvalue weighted by molar-refractivity contribution is -0.120. The number of hydrogen-bond acceptors (Lipinski definition) is 2. The highest BCUT2D eigenvalue weighted by molar-refractivity contribution is 6.32. The highest BCUT2D eigenvalue weighted by atomic mass is 16.2. The van der Waals surface area contributed by atoms with Gasteiger partial charge in [0.2, 0.25) is 0 Å². The van der Waals surface area contributed by atoms with Crippen molar-refractivity contribution in [2.75, 3.05) is 4.90 Å². The zero-order valence-electron chi connectivity index (χ0n) is 12.9. The maximum Gasteiger partial charge on any atom is 0.261 e. The summed E-state index contributed by atoms with van der Waals surface area (Å²) in [5, 5.41) is 0. The molecule has 0 radical (unpaired) electrons. The Bertz CT molecular complexity index is 516. The summed E-state index contributed by atoms with van der Waals surface area (Å²) < 4.78 is 0. The van der Waals surface area contributed by atoms with E-state index in [0.29, 0.717) is 18.5 Å². The predicted octanol–water partition coefficient (Wildman–Crippen LogP) is 4.24. The Balaban J connectivity index is 2.30. The molecule has 2 amide bonds. The van der Waals surface area contributed by atoms with Gasteiger partial charge >= 0.3 is 0 Å². The minimum atomic E-state index is -0.120. The highest BCUT2D eigenvalue weighted by Crippen LogP contribution is 2.32. The van der Waals surface area contributed by atoms with Crippen molar-refractivity contribution in [3.05, 3.63) is 41.5 Å². The fourth-order valence-corrected chi connectivity index (χ4v) is 2.65. The van der Waals surface area contributed by atoms with E-state index >= 15 is 0 Å². The van der Waals surface area contributed by atoms with Gasteiger partial charge in [-0.25, -0.2) is 4.90 Å². The molecule has 21 heavy (non-hydrogen) atoms. The first-order valence-corrected chi connectivity index (χ1v) is 7.86. The van der Waals surface area contributed by atoms with Crippen LogP contribution >= 0.6 is 0 Å². The van der Waals surface area contributed by atoms with Gasteiger partial charge in [-0.05, 0) is 37.8 Å². The van der Waals surface area contributed by atoms with Gasteiger partial charge in [0, 0.05) is 11.1 Å². The number of amides is 2. The summed E-state index contributed by atoms with van der Waals surface area (Å²) in [4.78, 5) is 26.6. The number of rotatable bonds is 7. The van der Waals surface area contributed by atoms with Crippen LogP contribution in [0.25, 0.3) is 0 Å². The number of carbonyl (C=O) groups is 2. The van der Waals surface area contributed by atoms with Crippen molar-refractivity contribution in [3.63, 3.8) is 0 Å². The monoisotopic (exact) mass is 285 g/mol. The third-order valence-electron chi connectivity index (χ3n) is 3.86. The van der Waals surface area contributed by atoms with Crippen LogP contribution in [0.1, 0.15) is 52.4 Å². The molecule has 0 unspecified atom stereocenters. The average molecular weight is 285 g/mol. The number of nitrogens with zero attached hydrogens (tertiary/aromatic N) is 1. The van der Waals surface area contributed by atoms with Crippen LogP contribution in [0.2, 0.25) is 0 Å². The predicted molar refractivity (Wildman–Crippen MR) is 85.0 cm³/mol. The van der Waals surface area contributed by atoms with Gasteiger partial charge in [-0.15, -0.1) is 0 Å². The Labute approximate surface area is 126 Å². The highest BCUT2D eigenvalue weighted by Gasteiger charge is 2.37. The van der Waals surface area contributed by atoms with Crippen molar-refractivity contribution in [2.45, 2.75) is 52.4 Å². The Morgan fingerprint density at radius 1 is 0.810 bits per heavy atom. The fourth-order valence-electron chi connectivity index (χ4n) is 2.65. The standard InChI is InChI=1S/C18H23NO2/c1-3-5-12-15-16(13-6-4-2)18(21)19(17(15)20)14-10-8-7-9-11-14/h7-11H,3-6,12-13H2,1-2H3. The number of imide groups is 1. The largest absolute Gasteiger partial charge is 0.269 e. The average Bonchev–Trinajstić information content (AvgIpc) is 2.74. The minimum Gasteiger partial charge on any atom is -0.269 e. The molecule has 0 saturated heterocycles. The summed E-state index contributed by atoms with van der Waals surface area (Å²) in [6.45, 7) is 4.20. The van der Waals surface area contributed by atoms with Crippen LogP contribution in [0, 0.1) is 0 Å². The van der Waals surface area contributed by atoms with Gasteiger partial charge in [0.1, 0.15) is 0 Å². The molecule has 3 heteroatoms. The second-order valence-electron chi connectivity index (χ2n) is 5.45. The summed E-state index contributed by atoms with van der Waals surface area (Å²) >= 11 is 0. The topological polar surface area (TPSA) is 37.4 Å². The molecule has 112 valence electrons. The van der Waals surface area contributed by atoms with E-state index in [1.807, 2.05) is 30.3 Å². The zero-order valence-corrected chi connectivity index (χ0v) is 12.9. The van der Waals surface area contributed by atoms with Crippen LogP contribution in [-0.2, 0) is 9.59 Å². The van der Waals surface area contributed by atoms with Crippen molar-refractivity contribution < 1.29 is 9.59 Å². The quantitative estimate of drug-likeness (QED) is 0.703. The van der Waals surface area contributed by atoms with Crippen LogP contribution in [-0.4, -0.2) is 11.8 Å². The second-order valence-corrected chi connectivity index (χ2v) is 5.45. The van der Waals surface area contributed by atoms with E-state index in [-0.39, 0.29) is 11.8 Å². The normalized spacial score (nSPS) is 15.2. The number of benzene rings is 1. The van der Waals surface area contributed by atoms with Crippen LogP contribution in [0.4, 0.5) is 5.69 Å². The molecular weight excluding hydrogens is 262 g/mol. The maximum atomic E-state index is 12.6. The number of anilines is 1. The molecule has 0 aromatic heterocycles. The molecule has 0 spiro atoms. The zero-order chi connectivity index (χ0) is 15.2. The molecule has 0 saturated carbocycles.